The highest BCUT2D eigenvalue weighted by molar-refractivity contribution is 7.57. The molecule has 0 saturated carbocycles. The van der Waals surface area contributed by atoms with E-state index in [0.717, 1.165) is 41.5 Å². The van der Waals surface area contributed by atoms with Gasteiger partial charge in [-0.25, -0.2) is 10.2 Å². The average Bonchev–Trinajstić information content (AvgIpc) is 2.99. The first-order valence-corrected chi connectivity index (χ1v) is 19.2. The van der Waals surface area contributed by atoms with Gasteiger partial charge in [-0.15, -0.1) is 0 Å². The van der Waals surface area contributed by atoms with Crippen LogP contribution in [0.15, 0.2) is 36.9 Å². The Morgan fingerprint density at radius 3 is 1.76 bits per heavy atom. The summed E-state index contributed by atoms with van der Waals surface area (Å²) in [5.41, 5.74) is 4.47. The van der Waals surface area contributed by atoms with Crippen LogP contribution in [-0.4, -0.2) is 51.6 Å². The third kappa shape index (κ3) is 11.8. The number of rotatable bonds is 20. The molecule has 0 aromatic heterocycles. The number of benzene rings is 2. The number of nitrogens with one attached hydrogen (secondary N) is 2. The van der Waals surface area contributed by atoms with Crippen LogP contribution in [0.2, 0.25) is 0 Å². The number of allylic oxidation sites excluding steroid dienone is 1. The second kappa shape index (κ2) is 18.3. The van der Waals surface area contributed by atoms with E-state index in [0.29, 0.717) is 17.5 Å². The highest BCUT2D eigenvalue weighted by atomic mass is 31.2. The zero-order valence-corrected chi connectivity index (χ0v) is 29.6. The molecule has 10 nitrogen and oxygen atoms in total. The molecule has 2 atom stereocenters. The number of carbonyl (C=O) groups excluding carboxylic acids is 2. The van der Waals surface area contributed by atoms with Crippen LogP contribution in [0.25, 0.3) is 16.7 Å². The minimum atomic E-state index is -3.64. The lowest BCUT2D eigenvalue weighted by Gasteiger charge is -2.26. The summed E-state index contributed by atoms with van der Waals surface area (Å²) in [6, 6.07) is 9.51. The van der Waals surface area contributed by atoms with Crippen molar-refractivity contribution in [1.82, 2.24) is 10.2 Å². The topological polar surface area (TPSA) is 129 Å². The van der Waals surface area contributed by atoms with Crippen molar-refractivity contribution in [3.8, 4) is 22.6 Å². The molecule has 0 fully saturated rings. The standard InChI is InChI=1S/C33H50N2O8P2/c1-9-12-13-14-26-22-29(42-44(38,34-7)19-17-31(36)40-10-2)33(28-21-25(6)15-16-27(28)24(4)5)30(23-26)43-45(39,35-8)20-18-32(37)41-11-3/h15-16,21-23H,4,9-14,17-20H2,1-3,5-8H3,(H,34,38)(H,35,39). The third-order valence-electron chi connectivity index (χ3n) is 7.10. The maximum absolute atomic E-state index is 14.1. The molecule has 12 heteroatoms. The molecule has 2 rings (SSSR count). The summed E-state index contributed by atoms with van der Waals surface area (Å²) in [7, 11) is -4.23. The van der Waals surface area contributed by atoms with E-state index in [2.05, 4.69) is 23.7 Å². The lowest BCUT2D eigenvalue weighted by Crippen LogP contribution is -2.17. The molecule has 2 N–H and O–H groups in total. The van der Waals surface area contributed by atoms with Crippen LogP contribution >= 0.6 is 15.0 Å². The fraction of sp³-hybridized carbons (Fsp3) is 0.515. The van der Waals surface area contributed by atoms with Crippen molar-refractivity contribution in [2.75, 3.05) is 39.6 Å². The summed E-state index contributed by atoms with van der Waals surface area (Å²) in [4.78, 5) is 24.3. The second-order valence-electron chi connectivity index (χ2n) is 10.8. The molecule has 0 aliphatic carbocycles. The number of ether oxygens (including phenoxy) is 2. The minimum Gasteiger partial charge on any atom is -0.466 e. The largest absolute Gasteiger partial charge is 0.466 e. The van der Waals surface area contributed by atoms with E-state index in [1.165, 1.54) is 14.1 Å². The molecule has 0 aliphatic rings. The van der Waals surface area contributed by atoms with Gasteiger partial charge >= 0.3 is 27.0 Å². The van der Waals surface area contributed by atoms with Crippen LogP contribution in [0.3, 0.4) is 0 Å². The van der Waals surface area contributed by atoms with Crippen LogP contribution in [-0.2, 0) is 34.6 Å². The predicted molar refractivity (Wildman–Crippen MR) is 181 cm³/mol. The Labute approximate surface area is 268 Å². The lowest BCUT2D eigenvalue weighted by molar-refractivity contribution is -0.143. The summed E-state index contributed by atoms with van der Waals surface area (Å²) in [5.74, 6) is -0.453. The molecular formula is C33H50N2O8P2. The van der Waals surface area contributed by atoms with Crippen molar-refractivity contribution < 1.29 is 37.2 Å². The number of aryl methyl sites for hydroxylation is 2. The van der Waals surface area contributed by atoms with E-state index in [1.807, 2.05) is 44.2 Å². The number of hydrogen-bond donors (Lipinski definition) is 2. The first-order valence-electron chi connectivity index (χ1n) is 15.5. The maximum atomic E-state index is 14.1. The van der Waals surface area contributed by atoms with E-state index in [4.69, 9.17) is 18.5 Å². The highest BCUT2D eigenvalue weighted by Gasteiger charge is 2.31. The molecule has 2 aromatic carbocycles. The van der Waals surface area contributed by atoms with Crippen LogP contribution in [0.1, 0.15) is 76.5 Å². The summed E-state index contributed by atoms with van der Waals surface area (Å²) < 4.78 is 50.9. The molecule has 2 aromatic rings. The minimum absolute atomic E-state index is 0.103. The predicted octanol–water partition coefficient (Wildman–Crippen LogP) is 7.92. The van der Waals surface area contributed by atoms with Crippen LogP contribution in [0.5, 0.6) is 11.5 Å². The van der Waals surface area contributed by atoms with Crippen molar-refractivity contribution >= 4 is 32.6 Å². The zero-order chi connectivity index (χ0) is 33.6. The van der Waals surface area contributed by atoms with Crippen molar-refractivity contribution in [2.24, 2.45) is 0 Å². The van der Waals surface area contributed by atoms with Crippen molar-refractivity contribution in [3.63, 3.8) is 0 Å². The number of hydrogen-bond acceptors (Lipinski definition) is 8. The van der Waals surface area contributed by atoms with Gasteiger partial charge in [0, 0.05) is 0 Å². The first kappa shape index (κ1) is 38.3. The van der Waals surface area contributed by atoms with Gasteiger partial charge in [0.1, 0.15) is 11.5 Å². The smallest absolute Gasteiger partial charge is 0.316 e. The molecule has 0 bridgehead atoms. The number of esters is 2. The van der Waals surface area contributed by atoms with Gasteiger partial charge in [-0.05, 0) is 83.5 Å². The molecule has 0 amide bonds. The van der Waals surface area contributed by atoms with Gasteiger partial charge in [0.15, 0.2) is 0 Å². The van der Waals surface area contributed by atoms with Gasteiger partial charge in [-0.3, -0.25) is 18.7 Å². The van der Waals surface area contributed by atoms with Gasteiger partial charge in [0.25, 0.3) is 0 Å². The van der Waals surface area contributed by atoms with Gasteiger partial charge in [0.05, 0.1) is 43.9 Å². The van der Waals surface area contributed by atoms with Crippen LogP contribution in [0, 0.1) is 6.92 Å². The van der Waals surface area contributed by atoms with E-state index in [9.17, 15) is 18.7 Å². The molecule has 45 heavy (non-hydrogen) atoms. The highest BCUT2D eigenvalue weighted by Crippen LogP contribution is 2.54. The summed E-state index contributed by atoms with van der Waals surface area (Å²) in [6.07, 6.45) is 3.14. The Bertz CT molecular complexity index is 1360. The van der Waals surface area contributed by atoms with Gasteiger partial charge in [0.2, 0.25) is 0 Å². The number of carbonyl (C=O) groups is 2. The average molecular weight is 665 g/mol. The quantitative estimate of drug-likeness (QED) is 0.0818. The second-order valence-corrected chi connectivity index (χ2v) is 15.6. The summed E-state index contributed by atoms with van der Waals surface area (Å²) in [6.45, 7) is 14.0. The maximum Gasteiger partial charge on any atom is 0.316 e. The van der Waals surface area contributed by atoms with E-state index in [1.54, 1.807) is 13.8 Å². The van der Waals surface area contributed by atoms with Gasteiger partial charge in [-0.2, -0.15) is 0 Å². The normalized spacial score (nSPS) is 13.8. The van der Waals surface area contributed by atoms with Gasteiger partial charge < -0.3 is 18.5 Å². The fourth-order valence-corrected chi connectivity index (χ4v) is 7.37. The van der Waals surface area contributed by atoms with Gasteiger partial charge in [-0.1, -0.05) is 55.7 Å². The molecule has 0 radical (unpaired) electrons. The van der Waals surface area contributed by atoms with E-state index in [-0.39, 0.29) is 49.9 Å². The summed E-state index contributed by atoms with van der Waals surface area (Å²) >= 11 is 0. The molecule has 0 spiro atoms. The Balaban J connectivity index is 2.84. The third-order valence-corrected chi connectivity index (χ3v) is 11.1. The zero-order valence-electron chi connectivity index (χ0n) is 27.8. The molecule has 2 unspecified atom stereocenters. The van der Waals surface area contributed by atoms with E-state index >= 15 is 0 Å². The van der Waals surface area contributed by atoms with Crippen LogP contribution < -0.4 is 19.2 Å². The SMILES string of the molecule is C=C(C)c1ccc(C)cc1-c1c(OP(=O)(CCC(=O)OCC)NC)cc(CCCCC)cc1OP(=O)(CCC(=O)OCC)NC. The van der Waals surface area contributed by atoms with Crippen LogP contribution in [0.4, 0.5) is 0 Å². The molecule has 0 saturated heterocycles. The first-order chi connectivity index (χ1) is 21.3. The van der Waals surface area contributed by atoms with Crippen molar-refractivity contribution in [2.45, 2.75) is 73.1 Å². The fourth-order valence-electron chi connectivity index (χ4n) is 4.68. The molecular weight excluding hydrogens is 614 g/mol. The molecule has 250 valence electrons. The lowest BCUT2D eigenvalue weighted by atomic mass is 9.91. The van der Waals surface area contributed by atoms with Crippen molar-refractivity contribution in [3.05, 3.63) is 53.6 Å². The Kier molecular flexibility index (Phi) is 15.6. The Morgan fingerprint density at radius 2 is 1.33 bits per heavy atom. The Morgan fingerprint density at radius 1 is 0.822 bits per heavy atom. The van der Waals surface area contributed by atoms with E-state index < -0.39 is 27.0 Å². The molecule has 0 aliphatic heterocycles. The van der Waals surface area contributed by atoms with Crippen molar-refractivity contribution in [1.29, 1.82) is 0 Å². The summed E-state index contributed by atoms with van der Waals surface area (Å²) in [5, 5.41) is 5.59. The Hall–Kier alpha value is -2.90. The monoisotopic (exact) mass is 664 g/mol. The number of unbranched alkanes of at least 4 members (excludes halogenated alkanes) is 2. The molecule has 0 heterocycles.